The molecule has 0 aliphatic carbocycles. The third kappa shape index (κ3) is 4.97. The first-order valence-corrected chi connectivity index (χ1v) is 8.49. The Labute approximate surface area is 149 Å². The summed E-state index contributed by atoms with van der Waals surface area (Å²) in [6.45, 7) is 8.54. The molecule has 1 amide bonds. The van der Waals surface area contributed by atoms with Gasteiger partial charge in [0.25, 0.3) is 0 Å². The predicted octanol–water partition coefficient (Wildman–Crippen LogP) is 5.53. The number of amides is 1. The van der Waals surface area contributed by atoms with E-state index in [0.717, 1.165) is 11.1 Å². The SMILES string of the molecule is C[C@H](NC(=O)/C=C/c1ccccc1Cl)c1ccc(C(C)(C)C)cc1. The minimum absolute atomic E-state index is 0.0533. The summed E-state index contributed by atoms with van der Waals surface area (Å²) in [4.78, 5) is 12.1. The van der Waals surface area contributed by atoms with Gasteiger partial charge in [0.15, 0.2) is 0 Å². The molecule has 126 valence electrons. The molecule has 3 heteroatoms. The Morgan fingerprint density at radius 1 is 1.08 bits per heavy atom. The number of halogens is 1. The first-order valence-electron chi connectivity index (χ1n) is 8.11. The van der Waals surface area contributed by atoms with Crippen LogP contribution in [-0.4, -0.2) is 5.91 Å². The largest absolute Gasteiger partial charge is 0.346 e. The van der Waals surface area contributed by atoms with Gasteiger partial charge in [0.2, 0.25) is 5.91 Å². The summed E-state index contributed by atoms with van der Waals surface area (Å²) in [6.07, 6.45) is 3.24. The smallest absolute Gasteiger partial charge is 0.244 e. The van der Waals surface area contributed by atoms with Gasteiger partial charge in [0.1, 0.15) is 0 Å². The van der Waals surface area contributed by atoms with Crippen molar-refractivity contribution < 1.29 is 4.79 Å². The zero-order valence-electron chi connectivity index (χ0n) is 14.6. The van der Waals surface area contributed by atoms with Crippen LogP contribution < -0.4 is 5.32 Å². The lowest BCUT2D eigenvalue weighted by molar-refractivity contribution is -0.117. The summed E-state index contributed by atoms with van der Waals surface area (Å²) >= 11 is 6.08. The number of carbonyl (C=O) groups excluding carboxylic acids is 1. The molecule has 0 radical (unpaired) electrons. The first-order chi connectivity index (χ1) is 11.3. The Kier molecular flexibility index (Phi) is 5.84. The molecule has 2 aromatic rings. The summed E-state index contributed by atoms with van der Waals surface area (Å²) < 4.78 is 0. The van der Waals surface area contributed by atoms with Gasteiger partial charge < -0.3 is 5.32 Å². The second-order valence-electron chi connectivity index (χ2n) is 6.96. The van der Waals surface area contributed by atoms with Crippen LogP contribution in [0.1, 0.15) is 50.4 Å². The Balaban J connectivity index is 2.00. The maximum Gasteiger partial charge on any atom is 0.244 e. The van der Waals surface area contributed by atoms with Crippen molar-refractivity contribution in [1.82, 2.24) is 5.32 Å². The van der Waals surface area contributed by atoms with Gasteiger partial charge in [-0.1, -0.05) is 74.8 Å². The molecule has 0 aromatic heterocycles. The van der Waals surface area contributed by atoms with Crippen LogP contribution in [0, 0.1) is 0 Å². The fraction of sp³-hybridized carbons (Fsp3) is 0.286. The number of hydrogen-bond donors (Lipinski definition) is 1. The minimum Gasteiger partial charge on any atom is -0.346 e. The zero-order chi connectivity index (χ0) is 17.7. The Hall–Kier alpha value is -2.06. The standard InChI is InChI=1S/C21H24ClNO/c1-15(16-9-12-18(13-10-16)21(2,3)4)23-20(24)14-11-17-7-5-6-8-19(17)22/h5-15H,1-4H3,(H,23,24)/b14-11+/t15-/m0/s1. The van der Waals surface area contributed by atoms with Gasteiger partial charge in [-0.2, -0.15) is 0 Å². The van der Waals surface area contributed by atoms with Crippen LogP contribution in [0.25, 0.3) is 6.08 Å². The van der Waals surface area contributed by atoms with Crippen molar-refractivity contribution in [2.75, 3.05) is 0 Å². The second kappa shape index (κ2) is 7.67. The Bertz CT molecular complexity index is 726. The van der Waals surface area contributed by atoms with Crippen LogP contribution in [0.4, 0.5) is 0 Å². The minimum atomic E-state index is -0.137. The summed E-state index contributed by atoms with van der Waals surface area (Å²) in [5.74, 6) is -0.137. The van der Waals surface area contributed by atoms with Gasteiger partial charge >= 0.3 is 0 Å². The molecule has 0 unspecified atom stereocenters. The van der Waals surface area contributed by atoms with E-state index >= 15 is 0 Å². The van der Waals surface area contributed by atoms with Gasteiger partial charge in [0.05, 0.1) is 6.04 Å². The maximum atomic E-state index is 12.1. The summed E-state index contributed by atoms with van der Waals surface area (Å²) in [7, 11) is 0. The number of rotatable bonds is 4. The number of carbonyl (C=O) groups is 1. The Morgan fingerprint density at radius 3 is 2.29 bits per heavy atom. The topological polar surface area (TPSA) is 29.1 Å². The van der Waals surface area contributed by atoms with E-state index in [1.54, 1.807) is 12.1 Å². The van der Waals surface area contributed by atoms with Crippen molar-refractivity contribution in [3.63, 3.8) is 0 Å². The molecule has 0 aliphatic heterocycles. The average molecular weight is 342 g/mol. The highest BCUT2D eigenvalue weighted by Gasteiger charge is 2.14. The van der Waals surface area contributed by atoms with Crippen LogP contribution >= 0.6 is 11.6 Å². The molecule has 0 bridgehead atoms. The lowest BCUT2D eigenvalue weighted by Crippen LogP contribution is -2.24. The van der Waals surface area contributed by atoms with Crippen LogP contribution in [0.2, 0.25) is 5.02 Å². The van der Waals surface area contributed by atoms with E-state index in [1.165, 1.54) is 11.6 Å². The highest BCUT2D eigenvalue weighted by molar-refractivity contribution is 6.32. The summed E-state index contributed by atoms with van der Waals surface area (Å²) in [6, 6.07) is 15.8. The van der Waals surface area contributed by atoms with Crippen molar-refractivity contribution in [3.05, 3.63) is 76.3 Å². The molecule has 2 rings (SSSR count). The van der Waals surface area contributed by atoms with Crippen molar-refractivity contribution in [1.29, 1.82) is 0 Å². The van der Waals surface area contributed by atoms with Gasteiger partial charge in [-0.05, 0) is 41.2 Å². The number of nitrogens with one attached hydrogen (secondary N) is 1. The van der Waals surface area contributed by atoms with E-state index in [9.17, 15) is 4.79 Å². The van der Waals surface area contributed by atoms with Gasteiger partial charge in [-0.25, -0.2) is 0 Å². The molecule has 2 aromatic carbocycles. The van der Waals surface area contributed by atoms with Crippen LogP contribution in [0.3, 0.4) is 0 Å². The van der Waals surface area contributed by atoms with Crippen molar-refractivity contribution in [2.45, 2.75) is 39.2 Å². The molecule has 0 spiro atoms. The highest BCUT2D eigenvalue weighted by Crippen LogP contribution is 2.24. The fourth-order valence-corrected chi connectivity index (χ4v) is 2.59. The van der Waals surface area contributed by atoms with Crippen molar-refractivity contribution in [2.24, 2.45) is 0 Å². The van der Waals surface area contributed by atoms with Crippen molar-refractivity contribution in [3.8, 4) is 0 Å². The van der Waals surface area contributed by atoms with E-state index in [0.29, 0.717) is 5.02 Å². The van der Waals surface area contributed by atoms with Crippen LogP contribution in [0.15, 0.2) is 54.6 Å². The molecule has 0 aliphatic rings. The second-order valence-corrected chi connectivity index (χ2v) is 7.36. The third-order valence-corrected chi connectivity index (χ3v) is 4.30. The summed E-state index contributed by atoms with van der Waals surface area (Å²) in [5, 5.41) is 3.61. The van der Waals surface area contributed by atoms with Gasteiger partial charge in [-0.15, -0.1) is 0 Å². The molecular weight excluding hydrogens is 318 g/mol. The molecule has 2 nitrogen and oxygen atoms in total. The highest BCUT2D eigenvalue weighted by atomic mass is 35.5. The zero-order valence-corrected chi connectivity index (χ0v) is 15.4. The number of hydrogen-bond acceptors (Lipinski definition) is 1. The van der Waals surface area contributed by atoms with E-state index in [-0.39, 0.29) is 17.4 Å². The Morgan fingerprint density at radius 2 is 1.71 bits per heavy atom. The van der Waals surface area contributed by atoms with Crippen molar-refractivity contribution >= 4 is 23.6 Å². The molecular formula is C21H24ClNO. The van der Waals surface area contributed by atoms with E-state index in [1.807, 2.05) is 25.1 Å². The number of benzene rings is 2. The fourth-order valence-electron chi connectivity index (χ4n) is 2.39. The average Bonchev–Trinajstić information content (AvgIpc) is 2.53. The van der Waals surface area contributed by atoms with E-state index in [4.69, 9.17) is 11.6 Å². The van der Waals surface area contributed by atoms with Crippen LogP contribution in [0.5, 0.6) is 0 Å². The normalized spacial score (nSPS) is 13.0. The first kappa shape index (κ1) is 18.3. The quantitative estimate of drug-likeness (QED) is 0.728. The van der Waals surface area contributed by atoms with E-state index in [2.05, 4.69) is 50.4 Å². The van der Waals surface area contributed by atoms with Crippen LogP contribution in [-0.2, 0) is 10.2 Å². The molecule has 0 saturated carbocycles. The lowest BCUT2D eigenvalue weighted by atomic mass is 9.86. The predicted molar refractivity (Wildman–Crippen MR) is 102 cm³/mol. The maximum absolute atomic E-state index is 12.1. The van der Waals surface area contributed by atoms with Gasteiger partial charge in [-0.3, -0.25) is 4.79 Å². The molecule has 1 atom stereocenters. The lowest BCUT2D eigenvalue weighted by Gasteiger charge is -2.20. The third-order valence-electron chi connectivity index (χ3n) is 3.95. The molecule has 0 heterocycles. The summed E-state index contributed by atoms with van der Waals surface area (Å²) in [5.41, 5.74) is 3.32. The molecule has 24 heavy (non-hydrogen) atoms. The monoisotopic (exact) mass is 341 g/mol. The molecule has 0 saturated heterocycles. The van der Waals surface area contributed by atoms with Gasteiger partial charge in [0, 0.05) is 11.1 Å². The van der Waals surface area contributed by atoms with E-state index < -0.39 is 0 Å². The molecule has 1 N–H and O–H groups in total. The molecule has 0 fully saturated rings.